The predicted molar refractivity (Wildman–Crippen MR) is 132 cm³/mol. The summed E-state index contributed by atoms with van der Waals surface area (Å²) in [6.07, 6.45) is 0. The lowest BCUT2D eigenvalue weighted by molar-refractivity contribution is 0.475. The molecule has 0 aliphatic carbocycles. The van der Waals surface area contributed by atoms with E-state index in [1.54, 1.807) is 24.3 Å². The molecule has 31 heavy (non-hydrogen) atoms. The molecule has 0 unspecified atom stereocenters. The van der Waals surface area contributed by atoms with Crippen LogP contribution in [0, 0.1) is 0 Å². The highest BCUT2D eigenvalue weighted by Gasteiger charge is 2.32. The fraction of sp³-hybridized carbons (Fsp3) is 0.200. The lowest BCUT2D eigenvalue weighted by Crippen LogP contribution is -2.28. The summed E-state index contributed by atoms with van der Waals surface area (Å²) in [5.74, 6) is 0.322. The van der Waals surface area contributed by atoms with E-state index in [1.807, 2.05) is 6.07 Å². The standard InChI is InChI=1S/C24H26.C6H6O/c1-23(2,19-13-7-5-8-14-19)21-17-11-12-18-22(21)24(3,4)20-15-9-6-10-16-20;7-6-4-2-1-3-5-6/h5-18H,1-4H3;1-5,7H. The van der Waals surface area contributed by atoms with Gasteiger partial charge in [-0.15, -0.1) is 0 Å². The SMILES string of the molecule is CC(C)(c1ccccc1)c1ccccc1C(C)(C)c1ccccc1.Oc1ccccc1. The smallest absolute Gasteiger partial charge is 0.115 e. The number of para-hydroxylation sites is 1. The van der Waals surface area contributed by atoms with Crippen LogP contribution in [-0.4, -0.2) is 5.11 Å². The molecule has 0 aliphatic rings. The molecule has 1 nitrogen and oxygen atoms in total. The molecule has 0 aliphatic heterocycles. The average molecular weight is 409 g/mol. The summed E-state index contributed by atoms with van der Waals surface area (Å²) in [4.78, 5) is 0. The molecular weight excluding hydrogens is 376 g/mol. The van der Waals surface area contributed by atoms with Gasteiger partial charge < -0.3 is 5.11 Å². The summed E-state index contributed by atoms with van der Waals surface area (Å²) in [5.41, 5.74) is 5.41. The third kappa shape index (κ3) is 5.24. The first-order valence-corrected chi connectivity index (χ1v) is 10.8. The summed E-state index contributed by atoms with van der Waals surface area (Å²) in [5, 5.41) is 8.63. The highest BCUT2D eigenvalue weighted by atomic mass is 16.3. The van der Waals surface area contributed by atoms with Crippen LogP contribution < -0.4 is 0 Å². The first kappa shape index (κ1) is 22.4. The molecule has 0 heterocycles. The maximum absolute atomic E-state index is 8.63. The van der Waals surface area contributed by atoms with Crippen LogP contribution in [0.3, 0.4) is 0 Å². The van der Waals surface area contributed by atoms with Crippen molar-refractivity contribution in [2.45, 2.75) is 38.5 Å². The first-order valence-electron chi connectivity index (χ1n) is 10.8. The fourth-order valence-corrected chi connectivity index (χ4v) is 4.02. The molecule has 0 radical (unpaired) electrons. The van der Waals surface area contributed by atoms with Gasteiger partial charge in [0.25, 0.3) is 0 Å². The summed E-state index contributed by atoms with van der Waals surface area (Å²) in [6, 6.07) is 39.2. The summed E-state index contributed by atoms with van der Waals surface area (Å²) in [7, 11) is 0. The number of benzene rings is 4. The Labute approximate surface area is 187 Å². The van der Waals surface area contributed by atoms with Gasteiger partial charge in [0.2, 0.25) is 0 Å². The van der Waals surface area contributed by atoms with E-state index >= 15 is 0 Å². The van der Waals surface area contributed by atoms with Crippen molar-refractivity contribution < 1.29 is 5.11 Å². The number of aromatic hydroxyl groups is 1. The minimum Gasteiger partial charge on any atom is -0.508 e. The summed E-state index contributed by atoms with van der Waals surface area (Å²) < 4.78 is 0. The molecule has 0 amide bonds. The van der Waals surface area contributed by atoms with Gasteiger partial charge in [-0.3, -0.25) is 0 Å². The van der Waals surface area contributed by atoms with Gasteiger partial charge in [0, 0.05) is 10.8 Å². The normalized spacial score (nSPS) is 11.4. The zero-order chi connectivity index (χ0) is 22.3. The van der Waals surface area contributed by atoms with Crippen LogP contribution in [0.15, 0.2) is 115 Å². The van der Waals surface area contributed by atoms with Crippen LogP contribution in [0.2, 0.25) is 0 Å². The van der Waals surface area contributed by atoms with Crippen molar-refractivity contribution in [3.63, 3.8) is 0 Å². The largest absolute Gasteiger partial charge is 0.508 e. The predicted octanol–water partition coefficient (Wildman–Crippen LogP) is 7.73. The molecular formula is C30H32O. The monoisotopic (exact) mass is 408 g/mol. The Kier molecular flexibility index (Phi) is 6.97. The van der Waals surface area contributed by atoms with E-state index in [2.05, 4.69) is 113 Å². The van der Waals surface area contributed by atoms with Crippen LogP contribution in [0.25, 0.3) is 0 Å². The van der Waals surface area contributed by atoms with Crippen molar-refractivity contribution in [3.8, 4) is 5.75 Å². The van der Waals surface area contributed by atoms with Gasteiger partial charge in [0.1, 0.15) is 5.75 Å². The molecule has 4 aromatic carbocycles. The van der Waals surface area contributed by atoms with E-state index in [4.69, 9.17) is 5.11 Å². The molecule has 0 spiro atoms. The van der Waals surface area contributed by atoms with Crippen molar-refractivity contribution in [1.82, 2.24) is 0 Å². The highest BCUT2D eigenvalue weighted by molar-refractivity contribution is 5.49. The molecule has 0 saturated carbocycles. The Balaban J connectivity index is 0.000000330. The molecule has 0 fully saturated rings. The molecule has 0 bridgehead atoms. The van der Waals surface area contributed by atoms with Gasteiger partial charge in [-0.2, -0.15) is 0 Å². The topological polar surface area (TPSA) is 20.2 Å². The molecule has 4 rings (SSSR count). The zero-order valence-electron chi connectivity index (χ0n) is 18.9. The lowest BCUT2D eigenvalue weighted by atomic mass is 9.68. The molecule has 0 atom stereocenters. The van der Waals surface area contributed by atoms with Gasteiger partial charge in [0.15, 0.2) is 0 Å². The minimum atomic E-state index is -0.0378. The van der Waals surface area contributed by atoms with Crippen molar-refractivity contribution in [2.75, 3.05) is 0 Å². The quantitative estimate of drug-likeness (QED) is 0.366. The van der Waals surface area contributed by atoms with Crippen LogP contribution >= 0.6 is 0 Å². The number of phenolic OH excluding ortho intramolecular Hbond substituents is 1. The van der Waals surface area contributed by atoms with Crippen LogP contribution in [0.5, 0.6) is 5.75 Å². The number of hydrogen-bond acceptors (Lipinski definition) is 1. The maximum atomic E-state index is 8.63. The van der Waals surface area contributed by atoms with E-state index in [0.29, 0.717) is 5.75 Å². The van der Waals surface area contributed by atoms with Crippen LogP contribution in [-0.2, 0) is 10.8 Å². The number of phenols is 1. The minimum absolute atomic E-state index is 0.0378. The maximum Gasteiger partial charge on any atom is 0.115 e. The Bertz CT molecular complexity index is 994. The second-order valence-electron chi connectivity index (χ2n) is 8.86. The van der Waals surface area contributed by atoms with Gasteiger partial charge in [-0.25, -0.2) is 0 Å². The Morgan fingerprint density at radius 2 is 0.710 bits per heavy atom. The molecule has 1 heteroatoms. The van der Waals surface area contributed by atoms with Crippen molar-refractivity contribution >= 4 is 0 Å². The van der Waals surface area contributed by atoms with Crippen molar-refractivity contribution in [3.05, 3.63) is 138 Å². The summed E-state index contributed by atoms with van der Waals surface area (Å²) in [6.45, 7) is 9.29. The van der Waals surface area contributed by atoms with E-state index < -0.39 is 0 Å². The van der Waals surface area contributed by atoms with Crippen molar-refractivity contribution in [2.24, 2.45) is 0 Å². The van der Waals surface area contributed by atoms with E-state index in [1.165, 1.54) is 22.3 Å². The van der Waals surface area contributed by atoms with E-state index in [9.17, 15) is 0 Å². The van der Waals surface area contributed by atoms with Crippen LogP contribution in [0.1, 0.15) is 49.9 Å². The third-order valence-electron chi connectivity index (χ3n) is 6.02. The Morgan fingerprint density at radius 1 is 0.419 bits per heavy atom. The second-order valence-corrected chi connectivity index (χ2v) is 8.86. The molecule has 4 aromatic rings. The lowest BCUT2D eigenvalue weighted by Gasteiger charge is -2.35. The Hall–Kier alpha value is -3.32. The van der Waals surface area contributed by atoms with Crippen molar-refractivity contribution in [1.29, 1.82) is 0 Å². The highest BCUT2D eigenvalue weighted by Crippen LogP contribution is 2.41. The molecule has 1 N–H and O–H groups in total. The van der Waals surface area contributed by atoms with Gasteiger partial charge in [0.05, 0.1) is 0 Å². The summed E-state index contributed by atoms with van der Waals surface area (Å²) >= 11 is 0. The van der Waals surface area contributed by atoms with Gasteiger partial charge >= 0.3 is 0 Å². The molecule has 0 aromatic heterocycles. The first-order chi connectivity index (χ1) is 14.8. The molecule has 0 saturated heterocycles. The average Bonchev–Trinajstić information content (AvgIpc) is 2.81. The second kappa shape index (κ2) is 9.66. The zero-order valence-corrected chi connectivity index (χ0v) is 18.9. The van der Waals surface area contributed by atoms with Crippen LogP contribution in [0.4, 0.5) is 0 Å². The number of rotatable bonds is 4. The third-order valence-corrected chi connectivity index (χ3v) is 6.02. The fourth-order valence-electron chi connectivity index (χ4n) is 4.02. The Morgan fingerprint density at radius 3 is 1.00 bits per heavy atom. The number of hydrogen-bond donors (Lipinski definition) is 1. The van der Waals surface area contributed by atoms with Gasteiger partial charge in [-0.05, 0) is 34.4 Å². The molecule has 158 valence electrons. The van der Waals surface area contributed by atoms with E-state index in [0.717, 1.165) is 0 Å². The van der Waals surface area contributed by atoms with E-state index in [-0.39, 0.29) is 10.8 Å². The van der Waals surface area contributed by atoms with Gasteiger partial charge in [-0.1, -0.05) is 131 Å².